The second-order valence-corrected chi connectivity index (χ2v) is 5.15. The molecule has 1 aliphatic carbocycles. The summed E-state index contributed by atoms with van der Waals surface area (Å²) in [6, 6.07) is 0.599. The van der Waals surface area contributed by atoms with E-state index in [1.54, 1.807) is 0 Å². The predicted molar refractivity (Wildman–Crippen MR) is 65.5 cm³/mol. The van der Waals surface area contributed by atoms with Crippen LogP contribution in [-0.4, -0.2) is 23.7 Å². The third-order valence-corrected chi connectivity index (χ3v) is 3.67. The van der Waals surface area contributed by atoms with Crippen molar-refractivity contribution in [2.75, 3.05) is 6.54 Å². The van der Waals surface area contributed by atoms with E-state index in [4.69, 9.17) is 5.11 Å². The fourth-order valence-corrected chi connectivity index (χ4v) is 2.52. The van der Waals surface area contributed by atoms with Gasteiger partial charge in [-0.2, -0.15) is 0 Å². The lowest BCUT2D eigenvalue weighted by Gasteiger charge is -2.27. The van der Waals surface area contributed by atoms with Gasteiger partial charge in [-0.05, 0) is 51.5 Å². The molecule has 3 nitrogen and oxygen atoms in total. The van der Waals surface area contributed by atoms with Crippen LogP contribution in [0.25, 0.3) is 0 Å². The highest BCUT2D eigenvalue weighted by atomic mass is 16.4. The number of hydrogen-bond acceptors (Lipinski definition) is 2. The van der Waals surface area contributed by atoms with Crippen molar-refractivity contribution in [2.45, 2.75) is 58.4 Å². The molecule has 1 saturated carbocycles. The average Bonchev–Trinajstić information content (AvgIpc) is 2.27. The smallest absolute Gasteiger partial charge is 0.306 e. The van der Waals surface area contributed by atoms with Crippen LogP contribution in [0, 0.1) is 11.8 Å². The molecule has 1 aliphatic rings. The molecule has 0 aliphatic heterocycles. The Morgan fingerprint density at radius 1 is 1.38 bits per heavy atom. The van der Waals surface area contributed by atoms with Gasteiger partial charge in [-0.3, -0.25) is 4.79 Å². The van der Waals surface area contributed by atoms with Crippen molar-refractivity contribution in [1.82, 2.24) is 5.32 Å². The van der Waals surface area contributed by atoms with Crippen molar-refractivity contribution >= 4 is 5.97 Å². The predicted octanol–water partition coefficient (Wildman–Crippen LogP) is 2.66. The maximum Gasteiger partial charge on any atom is 0.306 e. The van der Waals surface area contributed by atoms with Crippen molar-refractivity contribution in [3.63, 3.8) is 0 Å². The van der Waals surface area contributed by atoms with Gasteiger partial charge in [-0.15, -0.1) is 0 Å². The highest BCUT2D eigenvalue weighted by molar-refractivity contribution is 5.69. The van der Waals surface area contributed by atoms with Crippen LogP contribution in [0.3, 0.4) is 0 Å². The lowest BCUT2D eigenvalue weighted by atomic mass is 9.82. The van der Waals surface area contributed by atoms with Crippen LogP contribution in [0.1, 0.15) is 52.4 Å². The van der Waals surface area contributed by atoms with Crippen LogP contribution in [0.2, 0.25) is 0 Å². The summed E-state index contributed by atoms with van der Waals surface area (Å²) in [4.78, 5) is 10.8. The summed E-state index contributed by atoms with van der Waals surface area (Å²) in [7, 11) is 0. The summed E-state index contributed by atoms with van der Waals surface area (Å²) >= 11 is 0. The molecule has 0 heterocycles. The zero-order valence-electron chi connectivity index (χ0n) is 10.5. The van der Waals surface area contributed by atoms with Gasteiger partial charge in [0.2, 0.25) is 0 Å². The van der Waals surface area contributed by atoms with Crippen molar-refractivity contribution in [1.29, 1.82) is 0 Å². The van der Waals surface area contributed by atoms with Crippen molar-refractivity contribution < 1.29 is 9.90 Å². The first-order valence-electron chi connectivity index (χ1n) is 6.59. The lowest BCUT2D eigenvalue weighted by Crippen LogP contribution is -2.33. The number of rotatable bonds is 6. The number of carboxylic acid groups (broad SMARTS) is 1. The highest BCUT2D eigenvalue weighted by Crippen LogP contribution is 2.28. The molecule has 0 aromatic heterocycles. The Bertz CT molecular complexity index is 210. The number of carboxylic acids is 1. The van der Waals surface area contributed by atoms with Crippen molar-refractivity contribution in [3.8, 4) is 0 Å². The molecule has 1 fully saturated rings. The number of aliphatic carboxylic acids is 1. The van der Waals surface area contributed by atoms with Gasteiger partial charge in [-0.25, -0.2) is 0 Å². The quantitative estimate of drug-likeness (QED) is 0.733. The zero-order valence-corrected chi connectivity index (χ0v) is 10.5. The molecular weight excluding hydrogens is 202 g/mol. The molecule has 0 bridgehead atoms. The summed E-state index contributed by atoms with van der Waals surface area (Å²) in [6.45, 7) is 5.50. The van der Waals surface area contributed by atoms with Gasteiger partial charge in [0.15, 0.2) is 0 Å². The monoisotopic (exact) mass is 227 g/mol. The van der Waals surface area contributed by atoms with Crippen LogP contribution in [0.4, 0.5) is 0 Å². The number of carbonyl (C=O) groups is 1. The van der Waals surface area contributed by atoms with E-state index in [1.165, 1.54) is 12.8 Å². The Labute approximate surface area is 98.6 Å². The molecular formula is C13H25NO2. The zero-order chi connectivity index (χ0) is 12.0. The fraction of sp³-hybridized carbons (Fsp3) is 0.923. The summed E-state index contributed by atoms with van der Waals surface area (Å²) in [5, 5.41) is 12.4. The second kappa shape index (κ2) is 6.89. The van der Waals surface area contributed by atoms with E-state index < -0.39 is 5.97 Å². The summed E-state index contributed by atoms with van der Waals surface area (Å²) in [5.41, 5.74) is 0. The summed E-state index contributed by atoms with van der Waals surface area (Å²) in [6.07, 6.45) is 6.32. The van der Waals surface area contributed by atoms with E-state index in [0.29, 0.717) is 12.0 Å². The molecule has 1 rings (SSSR count). The van der Waals surface area contributed by atoms with E-state index >= 15 is 0 Å². The minimum atomic E-state index is -0.606. The Morgan fingerprint density at radius 2 is 2.00 bits per heavy atom. The molecule has 0 amide bonds. The van der Waals surface area contributed by atoms with Gasteiger partial charge in [0, 0.05) is 6.04 Å². The summed E-state index contributed by atoms with van der Waals surface area (Å²) < 4.78 is 0. The SMILES string of the molecule is CCCC(C)NCC1CCC(C(=O)O)CC1. The molecule has 1 unspecified atom stereocenters. The number of nitrogens with one attached hydrogen (secondary N) is 1. The Balaban J connectivity index is 2.14. The maximum atomic E-state index is 10.8. The fourth-order valence-electron chi connectivity index (χ4n) is 2.52. The average molecular weight is 227 g/mol. The van der Waals surface area contributed by atoms with Gasteiger partial charge < -0.3 is 10.4 Å². The van der Waals surface area contributed by atoms with Gasteiger partial charge in [0.25, 0.3) is 0 Å². The molecule has 1 atom stereocenters. The van der Waals surface area contributed by atoms with Crippen LogP contribution in [-0.2, 0) is 4.79 Å². The van der Waals surface area contributed by atoms with E-state index in [2.05, 4.69) is 19.2 Å². The van der Waals surface area contributed by atoms with Crippen molar-refractivity contribution in [2.24, 2.45) is 11.8 Å². The van der Waals surface area contributed by atoms with E-state index in [0.717, 1.165) is 32.2 Å². The van der Waals surface area contributed by atoms with Crippen LogP contribution < -0.4 is 5.32 Å². The molecule has 0 aromatic carbocycles. The first kappa shape index (κ1) is 13.5. The van der Waals surface area contributed by atoms with Crippen LogP contribution >= 0.6 is 0 Å². The minimum absolute atomic E-state index is 0.0793. The van der Waals surface area contributed by atoms with E-state index in [-0.39, 0.29) is 5.92 Å². The maximum absolute atomic E-state index is 10.8. The molecule has 0 spiro atoms. The van der Waals surface area contributed by atoms with Gasteiger partial charge in [0.1, 0.15) is 0 Å². The molecule has 16 heavy (non-hydrogen) atoms. The first-order valence-corrected chi connectivity index (χ1v) is 6.59. The molecule has 2 N–H and O–H groups in total. The molecule has 3 heteroatoms. The highest BCUT2D eigenvalue weighted by Gasteiger charge is 2.25. The van der Waals surface area contributed by atoms with Gasteiger partial charge in [-0.1, -0.05) is 13.3 Å². The Morgan fingerprint density at radius 3 is 2.50 bits per heavy atom. The number of hydrogen-bond donors (Lipinski definition) is 2. The van der Waals surface area contributed by atoms with Gasteiger partial charge >= 0.3 is 5.97 Å². The summed E-state index contributed by atoms with van der Waals surface area (Å²) in [5.74, 6) is 0.00461. The minimum Gasteiger partial charge on any atom is -0.481 e. The second-order valence-electron chi connectivity index (χ2n) is 5.15. The first-order chi connectivity index (χ1) is 7.63. The Kier molecular flexibility index (Phi) is 5.81. The van der Waals surface area contributed by atoms with Gasteiger partial charge in [0.05, 0.1) is 5.92 Å². The molecule has 0 aromatic rings. The Hall–Kier alpha value is -0.570. The molecule has 0 radical (unpaired) electrons. The van der Waals surface area contributed by atoms with Crippen molar-refractivity contribution in [3.05, 3.63) is 0 Å². The third kappa shape index (κ3) is 4.52. The largest absolute Gasteiger partial charge is 0.481 e. The van der Waals surface area contributed by atoms with Crippen LogP contribution in [0.5, 0.6) is 0 Å². The van der Waals surface area contributed by atoms with Crippen LogP contribution in [0.15, 0.2) is 0 Å². The molecule has 0 saturated heterocycles. The topological polar surface area (TPSA) is 49.3 Å². The standard InChI is InChI=1S/C13H25NO2/c1-3-4-10(2)14-9-11-5-7-12(8-6-11)13(15)16/h10-12,14H,3-9H2,1-2H3,(H,15,16). The third-order valence-electron chi connectivity index (χ3n) is 3.67. The normalized spacial score (nSPS) is 27.6. The lowest BCUT2D eigenvalue weighted by molar-refractivity contribution is -0.143. The van der Waals surface area contributed by atoms with E-state index in [9.17, 15) is 4.79 Å². The molecule has 94 valence electrons. The van der Waals surface area contributed by atoms with E-state index in [1.807, 2.05) is 0 Å².